The zero-order valence-electron chi connectivity index (χ0n) is 12.3. The molecule has 0 heterocycles. The molecule has 22 heavy (non-hydrogen) atoms. The van der Waals surface area contributed by atoms with Crippen molar-refractivity contribution < 1.29 is 13.2 Å². The van der Waals surface area contributed by atoms with Crippen LogP contribution in [0.15, 0.2) is 53.4 Å². The number of sulfonamides is 1. The summed E-state index contributed by atoms with van der Waals surface area (Å²) < 4.78 is 31.9. The summed E-state index contributed by atoms with van der Waals surface area (Å²) in [6.07, 6.45) is 1.41. The molecular formula is C16H18ClNO3S. The predicted molar refractivity (Wildman–Crippen MR) is 88.0 cm³/mol. The molecule has 1 N–H and O–H groups in total. The highest BCUT2D eigenvalue weighted by atomic mass is 35.5. The molecule has 2 rings (SSSR count). The van der Waals surface area contributed by atoms with E-state index in [1.54, 1.807) is 12.1 Å². The van der Waals surface area contributed by atoms with E-state index < -0.39 is 10.0 Å². The summed E-state index contributed by atoms with van der Waals surface area (Å²) in [5, 5.41) is 0.709. The van der Waals surface area contributed by atoms with Gasteiger partial charge in [-0.2, -0.15) is 0 Å². The third-order valence-corrected chi connectivity index (χ3v) is 5.09. The number of benzene rings is 2. The Bertz CT molecular complexity index is 714. The summed E-state index contributed by atoms with van der Waals surface area (Å²) in [7, 11) is -1.95. The maximum atomic E-state index is 12.1. The van der Waals surface area contributed by atoms with E-state index in [-0.39, 0.29) is 4.90 Å². The molecule has 0 bridgehead atoms. The highest BCUT2D eigenvalue weighted by Gasteiger charge is 2.13. The Morgan fingerprint density at radius 3 is 2.41 bits per heavy atom. The Morgan fingerprint density at radius 1 is 1.09 bits per heavy atom. The first-order valence-electron chi connectivity index (χ1n) is 6.90. The van der Waals surface area contributed by atoms with Gasteiger partial charge in [-0.3, -0.25) is 0 Å². The fourth-order valence-corrected chi connectivity index (χ4v) is 3.33. The van der Waals surface area contributed by atoms with Crippen molar-refractivity contribution >= 4 is 21.6 Å². The highest BCUT2D eigenvalue weighted by molar-refractivity contribution is 7.89. The monoisotopic (exact) mass is 339 g/mol. The van der Waals surface area contributed by atoms with Gasteiger partial charge in [0.05, 0.1) is 12.0 Å². The Labute approximate surface area is 136 Å². The molecule has 0 aliphatic heterocycles. The van der Waals surface area contributed by atoms with Crippen LogP contribution >= 0.6 is 11.6 Å². The van der Waals surface area contributed by atoms with Crippen LogP contribution in [0.5, 0.6) is 5.75 Å². The molecule has 0 aliphatic rings. The lowest BCUT2D eigenvalue weighted by Crippen LogP contribution is -2.25. The van der Waals surface area contributed by atoms with Gasteiger partial charge >= 0.3 is 0 Å². The zero-order valence-corrected chi connectivity index (χ0v) is 13.8. The third kappa shape index (κ3) is 4.47. The normalized spacial score (nSPS) is 11.4. The topological polar surface area (TPSA) is 55.4 Å². The summed E-state index contributed by atoms with van der Waals surface area (Å²) in [5.41, 5.74) is 1.02. The molecule has 0 aromatic heterocycles. The van der Waals surface area contributed by atoms with Gasteiger partial charge in [-0.05, 0) is 48.7 Å². The van der Waals surface area contributed by atoms with Crippen molar-refractivity contribution in [3.63, 3.8) is 0 Å². The van der Waals surface area contributed by atoms with Gasteiger partial charge in [0.25, 0.3) is 0 Å². The van der Waals surface area contributed by atoms with Crippen LogP contribution in [0.3, 0.4) is 0 Å². The summed E-state index contributed by atoms with van der Waals surface area (Å²) in [6.45, 7) is 0.361. The van der Waals surface area contributed by atoms with Crippen LogP contribution in [0.1, 0.15) is 12.0 Å². The second-order valence-electron chi connectivity index (χ2n) is 4.77. The van der Waals surface area contributed by atoms with Crippen LogP contribution in [0.25, 0.3) is 0 Å². The van der Waals surface area contributed by atoms with E-state index in [9.17, 15) is 8.42 Å². The Balaban J connectivity index is 1.88. The molecule has 4 nitrogen and oxygen atoms in total. The van der Waals surface area contributed by atoms with E-state index in [4.69, 9.17) is 16.3 Å². The molecule has 0 aliphatic carbocycles. The maximum Gasteiger partial charge on any atom is 0.240 e. The molecule has 0 atom stereocenters. The van der Waals surface area contributed by atoms with Crippen LogP contribution in [-0.2, 0) is 16.4 Å². The van der Waals surface area contributed by atoms with E-state index in [0.29, 0.717) is 23.7 Å². The molecule has 118 valence electrons. The van der Waals surface area contributed by atoms with Crippen LogP contribution in [0, 0.1) is 0 Å². The fourth-order valence-electron chi connectivity index (χ4n) is 2.02. The van der Waals surface area contributed by atoms with Gasteiger partial charge in [0.2, 0.25) is 10.0 Å². The molecular weight excluding hydrogens is 322 g/mol. The second kappa shape index (κ2) is 7.63. The van der Waals surface area contributed by atoms with Crippen LogP contribution in [-0.4, -0.2) is 22.1 Å². The minimum atomic E-state index is -3.49. The molecule has 0 amide bonds. The van der Waals surface area contributed by atoms with E-state index >= 15 is 0 Å². The first kappa shape index (κ1) is 16.8. The number of rotatable bonds is 7. The van der Waals surface area contributed by atoms with Crippen molar-refractivity contribution in [1.29, 1.82) is 0 Å². The van der Waals surface area contributed by atoms with Crippen LogP contribution < -0.4 is 9.46 Å². The molecule has 2 aromatic carbocycles. The number of hydrogen-bond acceptors (Lipinski definition) is 3. The number of halogens is 1. The van der Waals surface area contributed by atoms with E-state index in [1.807, 2.05) is 24.3 Å². The molecule has 0 fully saturated rings. The largest absolute Gasteiger partial charge is 0.497 e. The molecule has 0 saturated carbocycles. The second-order valence-corrected chi connectivity index (χ2v) is 6.94. The standard InChI is InChI=1S/C16H18ClNO3S/c1-21-14-8-10-15(11-9-14)22(19,20)18-12-4-6-13-5-2-3-7-16(13)17/h2-3,5,7-11,18H,4,6,12H2,1H3. The van der Waals surface area contributed by atoms with Gasteiger partial charge in [0.1, 0.15) is 5.75 Å². The lowest BCUT2D eigenvalue weighted by molar-refractivity contribution is 0.414. The number of hydrogen-bond donors (Lipinski definition) is 1. The Kier molecular flexibility index (Phi) is 5.83. The average Bonchev–Trinajstić information content (AvgIpc) is 2.53. The SMILES string of the molecule is COc1ccc(S(=O)(=O)NCCCc2ccccc2Cl)cc1. The zero-order chi connectivity index (χ0) is 16.0. The van der Waals surface area contributed by atoms with E-state index in [1.165, 1.54) is 19.2 Å². The van der Waals surface area contributed by atoms with Gasteiger partial charge in [0.15, 0.2) is 0 Å². The molecule has 0 unspecified atom stereocenters. The minimum Gasteiger partial charge on any atom is -0.497 e. The average molecular weight is 340 g/mol. The fraction of sp³-hybridized carbons (Fsp3) is 0.250. The van der Waals surface area contributed by atoms with Crippen molar-refractivity contribution in [2.45, 2.75) is 17.7 Å². The molecule has 0 radical (unpaired) electrons. The lowest BCUT2D eigenvalue weighted by Gasteiger charge is -2.08. The Morgan fingerprint density at radius 2 is 1.77 bits per heavy atom. The quantitative estimate of drug-likeness (QED) is 0.788. The summed E-state index contributed by atoms with van der Waals surface area (Å²) in [5.74, 6) is 0.623. The minimum absolute atomic E-state index is 0.228. The van der Waals surface area contributed by atoms with Crippen LogP contribution in [0.4, 0.5) is 0 Å². The van der Waals surface area contributed by atoms with Crippen molar-refractivity contribution in [2.24, 2.45) is 0 Å². The maximum absolute atomic E-state index is 12.1. The van der Waals surface area contributed by atoms with Crippen molar-refractivity contribution in [3.05, 3.63) is 59.1 Å². The lowest BCUT2D eigenvalue weighted by atomic mass is 10.1. The number of ether oxygens (including phenoxy) is 1. The van der Waals surface area contributed by atoms with E-state index in [0.717, 1.165) is 12.0 Å². The molecule has 0 saturated heterocycles. The smallest absolute Gasteiger partial charge is 0.240 e. The van der Waals surface area contributed by atoms with Crippen molar-refractivity contribution in [2.75, 3.05) is 13.7 Å². The third-order valence-electron chi connectivity index (χ3n) is 3.24. The van der Waals surface area contributed by atoms with Crippen molar-refractivity contribution in [3.8, 4) is 5.75 Å². The highest BCUT2D eigenvalue weighted by Crippen LogP contribution is 2.17. The van der Waals surface area contributed by atoms with Gasteiger partial charge in [-0.25, -0.2) is 13.1 Å². The van der Waals surface area contributed by atoms with Gasteiger partial charge in [-0.15, -0.1) is 0 Å². The summed E-state index contributed by atoms with van der Waals surface area (Å²) in [6, 6.07) is 13.9. The Hall–Kier alpha value is -1.56. The van der Waals surface area contributed by atoms with Gasteiger partial charge in [-0.1, -0.05) is 29.8 Å². The van der Waals surface area contributed by atoms with Crippen LogP contribution in [0.2, 0.25) is 5.02 Å². The predicted octanol–water partition coefficient (Wildman–Crippen LogP) is 3.26. The summed E-state index contributed by atoms with van der Waals surface area (Å²) >= 11 is 6.07. The van der Waals surface area contributed by atoms with Crippen molar-refractivity contribution in [1.82, 2.24) is 4.72 Å². The number of methoxy groups -OCH3 is 1. The first-order chi connectivity index (χ1) is 10.5. The molecule has 2 aromatic rings. The number of aryl methyl sites for hydroxylation is 1. The molecule has 0 spiro atoms. The van der Waals surface area contributed by atoms with Gasteiger partial charge < -0.3 is 4.74 Å². The van der Waals surface area contributed by atoms with Gasteiger partial charge in [0, 0.05) is 11.6 Å². The molecule has 6 heteroatoms. The van der Waals surface area contributed by atoms with E-state index in [2.05, 4.69) is 4.72 Å². The first-order valence-corrected chi connectivity index (χ1v) is 8.76. The summed E-state index contributed by atoms with van der Waals surface area (Å²) in [4.78, 5) is 0.228. The number of nitrogens with one attached hydrogen (secondary N) is 1.